The third-order valence-electron chi connectivity index (χ3n) is 23.0. The van der Waals surface area contributed by atoms with Crippen molar-refractivity contribution in [3.8, 4) is 0 Å². The van der Waals surface area contributed by atoms with Crippen LogP contribution in [0.15, 0.2) is 35.3 Å². The number of aliphatic imine (C=N–C) groups is 1. The van der Waals surface area contributed by atoms with Crippen molar-refractivity contribution in [1.82, 2.24) is 63.8 Å². The van der Waals surface area contributed by atoms with E-state index in [-0.39, 0.29) is 82.6 Å². The number of ether oxygens (including phenoxy) is 6. The number of carbonyl (C=O) groups excluding carboxylic acids is 15. The zero-order valence-electron chi connectivity index (χ0n) is 87.3. The molecule has 11 atom stereocenters. The molecule has 0 radical (unpaired) electrons. The van der Waals surface area contributed by atoms with Gasteiger partial charge in [0.15, 0.2) is 5.96 Å². The number of aliphatic hydroxyl groups is 1. The van der Waals surface area contributed by atoms with Crippen molar-refractivity contribution in [1.29, 1.82) is 0 Å². The van der Waals surface area contributed by atoms with E-state index in [1.807, 2.05) is 10.6 Å². The smallest absolute Gasteiger partial charge is 0.306 e. The Morgan fingerprint density at radius 3 is 1.17 bits per heavy atom. The fourth-order valence-corrected chi connectivity index (χ4v) is 16.1. The van der Waals surface area contributed by atoms with Crippen LogP contribution in [0, 0.1) is 5.92 Å². The van der Waals surface area contributed by atoms with Crippen LogP contribution in [0.4, 0.5) is 0 Å². The van der Waals surface area contributed by atoms with Crippen LogP contribution in [-0.4, -0.2) is 319 Å². The third-order valence-corrected chi connectivity index (χ3v) is 24.2. The summed E-state index contributed by atoms with van der Waals surface area (Å²) in [5.41, 5.74) is 16.9. The summed E-state index contributed by atoms with van der Waals surface area (Å²) in [7, 11) is 0. The number of benzene rings is 1. The third kappa shape index (κ3) is 72.2. The molecule has 846 valence electrons. The molecule has 0 aliphatic carbocycles. The van der Waals surface area contributed by atoms with Crippen LogP contribution in [-0.2, 0) is 131 Å². The minimum atomic E-state index is -2.34. The van der Waals surface area contributed by atoms with E-state index in [1.165, 1.54) is 121 Å². The molecule has 48 nitrogen and oxygen atoms in total. The number of nitrogens with one attached hydrogen (secondary N) is 12. The lowest BCUT2D eigenvalue weighted by Crippen LogP contribution is -2.61. The zero-order valence-corrected chi connectivity index (χ0v) is 88.1. The number of hydrogen-bond donors (Lipinski definition) is 21. The first-order valence-electron chi connectivity index (χ1n) is 52.0. The standard InChI is InChI=1S/C100H168N16O32S/c1-6-8-10-12-14-16-18-20-22-24-26-28-33-41-88(131)147-62-70(148-89(132)42-34-29-27-25-23-21-19-17-15-13-11-9-7-2)65-149-66-80(107-82(120)64-146-63-81(119)105-49-37-51-144-53-55-145-54-52-143-50-36-48-104-68(5)118)99(142)116-79(61-117)98(141)109-72(40-35-47-106-100(102)103)91(134)112-75(57-69-38-31-30-32-39-69)94(137)114-76(58-85(125)126)95(138)110-73(44-46-84(123)124)92(135)113-77(59-86(127)128)97(140)115-78(60-87(129)130)96(139)111-74(56-67(3)4)93(136)108-71(90(101)133)43-45-83(121)122/h30-32,38-39,67,70-80,117H,6-29,33-37,40-66H2,1-5H3,(H2,101,133)(H,104,118)(H,105,119)(H,107,120)(H,108,136)(H,109,141)(H,110,138)(H,111,139)(H,112,134)(H,113,135)(H,114,137)(H,115,140)(H,116,142)(H,121,122)(H,123,124)(H,125,126)(H,127,128)(H,129,130)(H4,102,103,106)/t70-,71-,72-,73-,74-,75-,76-,77-,78-,79-,80+/m1/s1. The van der Waals surface area contributed by atoms with Gasteiger partial charge in [-0.3, -0.25) is 101 Å². The van der Waals surface area contributed by atoms with E-state index in [4.69, 9.17) is 45.6 Å². The number of primary amides is 1. The predicted octanol–water partition coefficient (Wildman–Crippen LogP) is 3.06. The van der Waals surface area contributed by atoms with Crippen LogP contribution < -0.4 is 81.0 Å². The lowest BCUT2D eigenvalue weighted by molar-refractivity contribution is -0.157. The van der Waals surface area contributed by atoms with Crippen LogP contribution in [0.1, 0.15) is 297 Å². The number of amides is 13. The molecule has 1 rings (SSSR count). The van der Waals surface area contributed by atoms with Crippen molar-refractivity contribution < 1.29 is 155 Å². The van der Waals surface area contributed by atoms with Crippen molar-refractivity contribution in [2.24, 2.45) is 28.1 Å². The summed E-state index contributed by atoms with van der Waals surface area (Å²) < 4.78 is 33.7. The molecule has 149 heavy (non-hydrogen) atoms. The molecular weight excluding hydrogens is 1970 g/mol. The summed E-state index contributed by atoms with van der Waals surface area (Å²) in [6.07, 6.45) is 19.8. The largest absolute Gasteiger partial charge is 0.481 e. The molecule has 13 amide bonds. The van der Waals surface area contributed by atoms with Crippen molar-refractivity contribution in [3.63, 3.8) is 0 Å². The number of esters is 2. The van der Waals surface area contributed by atoms with E-state index >= 15 is 0 Å². The Morgan fingerprint density at radius 1 is 0.362 bits per heavy atom. The van der Waals surface area contributed by atoms with E-state index < -0.39 is 269 Å². The number of carbonyl (C=O) groups is 20. The number of guanidine groups is 1. The SMILES string of the molecule is CCCCCCCCCCCCCCCC(=O)OC[C@H](CSC[C@H](NC(=O)COCC(=O)NCCCOCCOCCOCCCNC(C)=O)C(=O)N[C@H](CO)C(=O)N[C@H](CCCN=C(N)N)C(=O)N[C@H](Cc1ccccc1)C(=O)N[C@H](CC(=O)O)C(=O)N[C@H](CCC(=O)O)C(=O)N[C@H](CC(=O)O)C(=O)N[C@H](CC(=O)O)C(=O)N[C@H](CC(C)C)C(=O)N[C@H](CCC(=O)O)C(N)=O)OC(=O)CCCCCCCCCCCCCCC. The number of aliphatic hydroxyl groups excluding tert-OH is 1. The number of carboxylic acid groups (broad SMARTS) is 5. The molecule has 0 fully saturated rings. The average molecular weight is 2140 g/mol. The Bertz CT molecular complexity index is 4200. The summed E-state index contributed by atoms with van der Waals surface area (Å²) in [5.74, 6) is -25.9. The Hall–Kier alpha value is -12.0. The van der Waals surface area contributed by atoms with E-state index in [0.29, 0.717) is 57.6 Å². The normalized spacial score (nSPS) is 13.3. The molecule has 0 bridgehead atoms. The van der Waals surface area contributed by atoms with Crippen LogP contribution in [0.2, 0.25) is 0 Å². The zero-order chi connectivity index (χ0) is 111. The van der Waals surface area contributed by atoms with E-state index in [2.05, 4.69) is 72.0 Å². The molecule has 0 aliphatic rings. The quantitative estimate of drug-likeness (QED) is 0.0193. The Balaban J connectivity index is 3.84. The number of rotatable bonds is 94. The van der Waals surface area contributed by atoms with Crippen molar-refractivity contribution in [2.75, 3.05) is 97.2 Å². The summed E-state index contributed by atoms with van der Waals surface area (Å²) in [6, 6.07) is -12.0. The summed E-state index contributed by atoms with van der Waals surface area (Å²) in [6.45, 7) is 8.28. The van der Waals surface area contributed by atoms with E-state index in [1.54, 1.807) is 19.9 Å². The van der Waals surface area contributed by atoms with Gasteiger partial charge in [-0.1, -0.05) is 212 Å². The highest BCUT2D eigenvalue weighted by atomic mass is 32.2. The molecule has 24 N–H and O–H groups in total. The van der Waals surface area contributed by atoms with Gasteiger partial charge in [-0.2, -0.15) is 11.8 Å². The highest BCUT2D eigenvalue weighted by Gasteiger charge is 2.39. The lowest BCUT2D eigenvalue weighted by atomic mass is 10.0. The molecule has 0 aromatic heterocycles. The lowest BCUT2D eigenvalue weighted by Gasteiger charge is -2.28. The summed E-state index contributed by atoms with van der Waals surface area (Å²) in [5, 5.41) is 87.8. The fraction of sp³-hybridized carbons (Fsp3) is 0.730. The number of thioether (sulfide) groups is 1. The topological polar surface area (TPSA) is 753 Å². The van der Waals surface area contributed by atoms with Crippen LogP contribution in [0.5, 0.6) is 0 Å². The molecule has 1 aromatic rings. The minimum Gasteiger partial charge on any atom is -0.481 e. The van der Waals surface area contributed by atoms with Gasteiger partial charge in [-0.05, 0) is 69.3 Å². The number of nitrogens with zero attached hydrogens (tertiary/aromatic N) is 1. The minimum absolute atomic E-state index is 0.0452. The molecule has 0 heterocycles. The second kappa shape index (κ2) is 84.8. The van der Waals surface area contributed by atoms with Gasteiger partial charge < -0.3 is 140 Å². The highest BCUT2D eigenvalue weighted by molar-refractivity contribution is 7.99. The van der Waals surface area contributed by atoms with Gasteiger partial charge in [0.1, 0.15) is 86.3 Å². The van der Waals surface area contributed by atoms with Gasteiger partial charge in [-0.25, -0.2) is 0 Å². The number of nitrogens with two attached hydrogens (primary N) is 3. The van der Waals surface area contributed by atoms with E-state index in [0.717, 1.165) is 76.0 Å². The number of carboxylic acids is 5. The Morgan fingerprint density at radius 2 is 0.732 bits per heavy atom. The second-order valence-electron chi connectivity index (χ2n) is 36.9. The van der Waals surface area contributed by atoms with Gasteiger partial charge in [0.05, 0.1) is 52.3 Å². The van der Waals surface area contributed by atoms with Gasteiger partial charge in [-0.15, -0.1) is 0 Å². The predicted molar refractivity (Wildman–Crippen MR) is 549 cm³/mol. The summed E-state index contributed by atoms with van der Waals surface area (Å²) >= 11 is 0.958. The maximum atomic E-state index is 14.9. The van der Waals surface area contributed by atoms with Crippen molar-refractivity contribution in [2.45, 2.75) is 364 Å². The molecule has 1 aromatic carbocycles. The maximum absolute atomic E-state index is 14.9. The molecule has 0 aliphatic heterocycles. The van der Waals surface area contributed by atoms with Crippen LogP contribution in [0.3, 0.4) is 0 Å². The molecule has 0 unspecified atom stereocenters. The Labute approximate surface area is 876 Å². The molecular formula is C100H168N16O32S. The first-order valence-corrected chi connectivity index (χ1v) is 53.2. The Kier molecular flexibility index (Phi) is 76.9. The summed E-state index contributed by atoms with van der Waals surface area (Å²) in [4.78, 5) is 271. The first-order chi connectivity index (χ1) is 71.2. The van der Waals surface area contributed by atoms with E-state index in [9.17, 15) is 127 Å². The first kappa shape index (κ1) is 135. The molecule has 0 saturated carbocycles. The van der Waals surface area contributed by atoms with Gasteiger partial charge in [0.2, 0.25) is 76.8 Å². The van der Waals surface area contributed by atoms with Crippen molar-refractivity contribution >= 4 is 136 Å². The molecule has 0 spiro atoms. The average Bonchev–Trinajstić information content (AvgIpc) is 0.848. The van der Waals surface area contributed by atoms with Gasteiger partial charge in [0.25, 0.3) is 0 Å². The second-order valence-corrected chi connectivity index (χ2v) is 37.9. The number of aliphatic carboxylic acids is 5. The maximum Gasteiger partial charge on any atom is 0.306 e. The number of unbranched alkanes of at least 4 members (excludes halogenated alkanes) is 24. The highest BCUT2D eigenvalue weighted by Crippen LogP contribution is 2.20. The number of hydrogen-bond acceptors (Lipinski definition) is 29. The van der Waals surface area contributed by atoms with Crippen molar-refractivity contribution in [3.05, 3.63) is 35.9 Å². The molecule has 49 heteroatoms. The van der Waals surface area contributed by atoms with Crippen LogP contribution in [0.25, 0.3) is 0 Å². The monoisotopic (exact) mass is 2140 g/mol. The molecule has 0 saturated heterocycles. The van der Waals surface area contributed by atoms with Crippen LogP contribution >= 0.6 is 11.8 Å². The van der Waals surface area contributed by atoms with Gasteiger partial charge >= 0.3 is 41.8 Å². The fourth-order valence-electron chi connectivity index (χ4n) is 15.0. The van der Waals surface area contributed by atoms with Gasteiger partial charge in [0, 0.05) is 83.4 Å².